The van der Waals surface area contributed by atoms with Crippen molar-refractivity contribution < 1.29 is 19.8 Å². The Morgan fingerprint density at radius 2 is 2.00 bits per heavy atom. The summed E-state index contributed by atoms with van der Waals surface area (Å²) in [6, 6.07) is -0.519. The lowest BCUT2D eigenvalue weighted by atomic mass is 9.93. The fourth-order valence-corrected chi connectivity index (χ4v) is 2.02. The molecule has 1 saturated carbocycles. The van der Waals surface area contributed by atoms with E-state index in [0.29, 0.717) is 13.0 Å². The Labute approximate surface area is 107 Å². The molecule has 6 heteroatoms. The van der Waals surface area contributed by atoms with Gasteiger partial charge in [0.25, 0.3) is 0 Å². The van der Waals surface area contributed by atoms with Gasteiger partial charge in [-0.15, -0.1) is 0 Å². The standard InChI is InChI=1S/C12H22N2O4/c1-8(11(16)17)6-7-13-12(18)14-9-4-2-3-5-10(9)15/h8-10,15H,2-7H2,1H3,(H,16,17)(H2,13,14,18). The van der Waals surface area contributed by atoms with Gasteiger partial charge in [-0.05, 0) is 19.3 Å². The largest absolute Gasteiger partial charge is 0.481 e. The Balaban J connectivity index is 2.19. The molecule has 1 rings (SSSR count). The van der Waals surface area contributed by atoms with Crippen molar-refractivity contribution in [3.63, 3.8) is 0 Å². The second kappa shape index (κ2) is 7.20. The second-order valence-electron chi connectivity index (χ2n) is 4.89. The Morgan fingerprint density at radius 3 is 2.61 bits per heavy atom. The van der Waals surface area contributed by atoms with E-state index in [9.17, 15) is 14.7 Å². The van der Waals surface area contributed by atoms with Gasteiger partial charge in [0.1, 0.15) is 0 Å². The number of carboxylic acid groups (broad SMARTS) is 1. The van der Waals surface area contributed by atoms with E-state index in [-0.39, 0.29) is 12.1 Å². The van der Waals surface area contributed by atoms with Gasteiger partial charge >= 0.3 is 12.0 Å². The molecule has 0 aromatic carbocycles. The molecule has 4 N–H and O–H groups in total. The first-order valence-electron chi connectivity index (χ1n) is 6.46. The topological polar surface area (TPSA) is 98.7 Å². The molecule has 3 atom stereocenters. The zero-order chi connectivity index (χ0) is 13.5. The first-order chi connectivity index (χ1) is 8.50. The summed E-state index contributed by atoms with van der Waals surface area (Å²) in [5, 5.41) is 23.7. The maximum Gasteiger partial charge on any atom is 0.315 e. The van der Waals surface area contributed by atoms with Crippen LogP contribution in [0.2, 0.25) is 0 Å². The van der Waals surface area contributed by atoms with Crippen LogP contribution in [0.1, 0.15) is 39.0 Å². The smallest absolute Gasteiger partial charge is 0.315 e. The minimum absolute atomic E-state index is 0.185. The van der Waals surface area contributed by atoms with E-state index in [4.69, 9.17) is 5.11 Å². The number of aliphatic hydroxyl groups excluding tert-OH is 1. The summed E-state index contributed by atoms with van der Waals surface area (Å²) in [5.74, 6) is -1.33. The predicted molar refractivity (Wildman–Crippen MR) is 66.2 cm³/mol. The van der Waals surface area contributed by atoms with Gasteiger partial charge in [0.05, 0.1) is 18.1 Å². The molecule has 0 aromatic heterocycles. The quantitative estimate of drug-likeness (QED) is 0.583. The molecule has 2 amide bonds. The second-order valence-corrected chi connectivity index (χ2v) is 4.89. The lowest BCUT2D eigenvalue weighted by molar-refractivity contribution is -0.141. The number of carboxylic acids is 1. The third-order valence-electron chi connectivity index (χ3n) is 3.33. The highest BCUT2D eigenvalue weighted by Crippen LogP contribution is 2.18. The molecule has 104 valence electrons. The van der Waals surface area contributed by atoms with E-state index < -0.39 is 18.0 Å². The summed E-state index contributed by atoms with van der Waals surface area (Å²) >= 11 is 0. The van der Waals surface area contributed by atoms with E-state index >= 15 is 0 Å². The molecule has 1 aliphatic rings. The maximum atomic E-state index is 11.5. The molecule has 3 unspecified atom stereocenters. The Kier molecular flexibility index (Phi) is 5.91. The summed E-state index contributed by atoms with van der Waals surface area (Å²) < 4.78 is 0. The zero-order valence-electron chi connectivity index (χ0n) is 10.7. The normalized spacial score (nSPS) is 25.2. The average molecular weight is 258 g/mol. The van der Waals surface area contributed by atoms with E-state index in [1.54, 1.807) is 6.92 Å². The van der Waals surface area contributed by atoms with Crippen LogP contribution in [0.3, 0.4) is 0 Å². The minimum atomic E-state index is -0.861. The number of urea groups is 1. The first kappa shape index (κ1) is 14.8. The number of nitrogens with one attached hydrogen (secondary N) is 2. The third-order valence-corrected chi connectivity index (χ3v) is 3.33. The molecule has 1 aliphatic carbocycles. The molecular formula is C12H22N2O4. The van der Waals surface area contributed by atoms with Crippen LogP contribution in [0.15, 0.2) is 0 Å². The molecule has 0 spiro atoms. The summed E-state index contributed by atoms with van der Waals surface area (Å²) in [4.78, 5) is 22.1. The highest BCUT2D eigenvalue weighted by atomic mass is 16.4. The van der Waals surface area contributed by atoms with E-state index in [2.05, 4.69) is 10.6 Å². The number of carbonyl (C=O) groups excluding carboxylic acids is 1. The SMILES string of the molecule is CC(CCNC(=O)NC1CCCCC1O)C(=O)O. The van der Waals surface area contributed by atoms with Gasteiger partial charge in [-0.1, -0.05) is 19.8 Å². The van der Waals surface area contributed by atoms with Gasteiger partial charge in [-0.25, -0.2) is 4.79 Å². The zero-order valence-corrected chi connectivity index (χ0v) is 10.7. The van der Waals surface area contributed by atoms with Crippen LogP contribution >= 0.6 is 0 Å². The van der Waals surface area contributed by atoms with Gasteiger partial charge in [0.2, 0.25) is 0 Å². The van der Waals surface area contributed by atoms with Crippen molar-refractivity contribution in [2.45, 2.75) is 51.2 Å². The number of carbonyl (C=O) groups is 2. The van der Waals surface area contributed by atoms with Crippen LogP contribution < -0.4 is 10.6 Å². The van der Waals surface area contributed by atoms with Crippen molar-refractivity contribution in [3.8, 4) is 0 Å². The van der Waals surface area contributed by atoms with Crippen molar-refractivity contribution in [1.29, 1.82) is 0 Å². The highest BCUT2D eigenvalue weighted by molar-refractivity contribution is 5.74. The summed E-state index contributed by atoms with van der Waals surface area (Å²) in [7, 11) is 0. The molecule has 0 heterocycles. The Bertz CT molecular complexity index is 296. The van der Waals surface area contributed by atoms with Crippen molar-refractivity contribution in [3.05, 3.63) is 0 Å². The summed E-state index contributed by atoms with van der Waals surface area (Å²) in [5.41, 5.74) is 0. The number of hydrogen-bond donors (Lipinski definition) is 4. The number of hydrogen-bond acceptors (Lipinski definition) is 3. The number of aliphatic hydroxyl groups is 1. The van der Waals surface area contributed by atoms with E-state index in [1.165, 1.54) is 0 Å². The maximum absolute atomic E-state index is 11.5. The Morgan fingerprint density at radius 1 is 1.33 bits per heavy atom. The van der Waals surface area contributed by atoms with Gasteiger partial charge in [0.15, 0.2) is 0 Å². The van der Waals surface area contributed by atoms with Crippen LogP contribution in [-0.2, 0) is 4.79 Å². The third kappa shape index (κ3) is 4.91. The number of amides is 2. The van der Waals surface area contributed by atoms with Crippen LogP contribution in [0.25, 0.3) is 0 Å². The van der Waals surface area contributed by atoms with E-state index in [0.717, 1.165) is 25.7 Å². The number of aliphatic carboxylic acids is 1. The fraction of sp³-hybridized carbons (Fsp3) is 0.833. The fourth-order valence-electron chi connectivity index (χ4n) is 2.02. The van der Waals surface area contributed by atoms with Crippen LogP contribution in [0.4, 0.5) is 4.79 Å². The first-order valence-corrected chi connectivity index (χ1v) is 6.46. The van der Waals surface area contributed by atoms with Crippen LogP contribution in [0, 0.1) is 5.92 Å². The monoisotopic (exact) mass is 258 g/mol. The van der Waals surface area contributed by atoms with Gasteiger partial charge in [0, 0.05) is 6.54 Å². The molecule has 0 aromatic rings. The minimum Gasteiger partial charge on any atom is -0.481 e. The highest BCUT2D eigenvalue weighted by Gasteiger charge is 2.24. The van der Waals surface area contributed by atoms with Crippen molar-refractivity contribution in [1.82, 2.24) is 10.6 Å². The van der Waals surface area contributed by atoms with Gasteiger partial charge in [-0.3, -0.25) is 4.79 Å². The molecular weight excluding hydrogens is 236 g/mol. The average Bonchev–Trinajstić information content (AvgIpc) is 2.32. The summed E-state index contributed by atoms with van der Waals surface area (Å²) in [6.07, 6.45) is 3.45. The molecule has 6 nitrogen and oxygen atoms in total. The van der Waals surface area contributed by atoms with Crippen LogP contribution in [-0.4, -0.2) is 40.9 Å². The van der Waals surface area contributed by atoms with Gasteiger partial charge in [-0.2, -0.15) is 0 Å². The molecule has 18 heavy (non-hydrogen) atoms. The van der Waals surface area contributed by atoms with Crippen molar-refractivity contribution in [2.24, 2.45) is 5.92 Å². The van der Waals surface area contributed by atoms with Crippen molar-refractivity contribution >= 4 is 12.0 Å². The molecule has 0 saturated heterocycles. The number of rotatable bonds is 5. The summed E-state index contributed by atoms with van der Waals surface area (Å²) in [6.45, 7) is 1.93. The van der Waals surface area contributed by atoms with Crippen molar-refractivity contribution in [2.75, 3.05) is 6.54 Å². The lowest BCUT2D eigenvalue weighted by Gasteiger charge is -2.28. The Hall–Kier alpha value is -1.30. The molecule has 0 radical (unpaired) electrons. The van der Waals surface area contributed by atoms with Crippen LogP contribution in [0.5, 0.6) is 0 Å². The van der Waals surface area contributed by atoms with E-state index in [1.807, 2.05) is 0 Å². The van der Waals surface area contributed by atoms with Gasteiger partial charge < -0.3 is 20.8 Å². The molecule has 0 bridgehead atoms. The molecule has 0 aliphatic heterocycles. The predicted octanol–water partition coefficient (Wildman–Crippen LogP) is 0.700. The lowest BCUT2D eigenvalue weighted by Crippen LogP contribution is -2.49. The molecule has 1 fully saturated rings.